The van der Waals surface area contributed by atoms with Gasteiger partial charge in [-0.3, -0.25) is 48.8 Å². The van der Waals surface area contributed by atoms with Gasteiger partial charge in [0, 0.05) is 85.8 Å². The van der Waals surface area contributed by atoms with E-state index in [1.54, 1.807) is 30.6 Å². The third-order valence-electron chi connectivity index (χ3n) is 18.9. The number of fused-ring (bicyclic) bond motifs is 4. The fourth-order valence-corrected chi connectivity index (χ4v) is 14.4. The summed E-state index contributed by atoms with van der Waals surface area (Å²) in [5.41, 5.74) is 5.16. The maximum absolute atomic E-state index is 15.3. The zero-order valence-electron chi connectivity index (χ0n) is 45.3. The van der Waals surface area contributed by atoms with Crippen LogP contribution in [0, 0.1) is 17.7 Å². The molecule has 3 N–H and O–H groups in total. The van der Waals surface area contributed by atoms with Crippen LogP contribution in [0.5, 0.6) is 0 Å². The molecule has 6 aliphatic heterocycles. The Balaban J connectivity index is 0.675. The van der Waals surface area contributed by atoms with E-state index in [4.69, 9.17) is 9.97 Å². The van der Waals surface area contributed by atoms with Crippen molar-refractivity contribution in [3.63, 3.8) is 0 Å². The number of aromatic nitrogens is 4. The summed E-state index contributed by atoms with van der Waals surface area (Å²) in [7, 11) is 0. The highest BCUT2D eigenvalue weighted by atomic mass is 19.1. The molecular formula is C60H67FN12O7. The molecule has 13 rings (SSSR count). The van der Waals surface area contributed by atoms with Gasteiger partial charge >= 0.3 is 0 Å². The minimum absolute atomic E-state index is 0.0290. The molecule has 4 saturated heterocycles. The van der Waals surface area contributed by atoms with E-state index >= 15 is 9.18 Å². The number of anilines is 4. The van der Waals surface area contributed by atoms with Crippen LogP contribution in [0.15, 0.2) is 67.3 Å². The van der Waals surface area contributed by atoms with E-state index in [0.29, 0.717) is 99.9 Å². The number of imidazole rings is 1. The molecule has 9 heterocycles. The molecule has 416 valence electrons. The van der Waals surface area contributed by atoms with Gasteiger partial charge in [-0.15, -0.1) is 0 Å². The first-order valence-electron chi connectivity index (χ1n) is 28.9. The van der Waals surface area contributed by atoms with Crippen molar-refractivity contribution in [3.05, 3.63) is 89.8 Å². The monoisotopic (exact) mass is 1090 g/mol. The number of piperidine rings is 3. The van der Waals surface area contributed by atoms with Gasteiger partial charge in [0.2, 0.25) is 29.5 Å². The smallest absolute Gasteiger partial charge is 0.264 e. The van der Waals surface area contributed by atoms with Crippen LogP contribution >= 0.6 is 0 Å². The molecule has 1 spiro atoms. The van der Waals surface area contributed by atoms with Crippen molar-refractivity contribution in [1.29, 1.82) is 0 Å². The number of likely N-dealkylation sites (tertiary alicyclic amines) is 3. The Kier molecular flexibility index (Phi) is 13.3. The number of rotatable bonds is 11. The normalized spacial score (nSPS) is 25.8. The van der Waals surface area contributed by atoms with Crippen LogP contribution in [-0.4, -0.2) is 144 Å². The van der Waals surface area contributed by atoms with Crippen molar-refractivity contribution < 1.29 is 38.0 Å². The van der Waals surface area contributed by atoms with E-state index < -0.39 is 40.9 Å². The number of nitrogens with zero attached hydrogens (tertiary/aromatic N) is 9. The summed E-state index contributed by atoms with van der Waals surface area (Å²) >= 11 is 0. The summed E-state index contributed by atoms with van der Waals surface area (Å²) in [5, 5.41) is 8.95. The second-order valence-electron chi connectivity index (χ2n) is 23.8. The number of amides is 7. The number of nitrogens with one attached hydrogen (secondary N) is 3. The molecule has 80 heavy (non-hydrogen) atoms. The molecule has 1 unspecified atom stereocenters. The predicted octanol–water partition coefficient (Wildman–Crippen LogP) is 7.10. The van der Waals surface area contributed by atoms with E-state index in [0.717, 1.165) is 53.2 Å². The quantitative estimate of drug-likeness (QED) is 0.113. The first-order chi connectivity index (χ1) is 38.7. The molecule has 7 amide bonds. The minimum atomic E-state index is -1.05. The lowest BCUT2D eigenvalue weighted by molar-refractivity contribution is -0.140. The van der Waals surface area contributed by atoms with E-state index in [-0.39, 0.29) is 77.3 Å². The number of carbonyl (C=O) groups excluding carboxylic acids is 7. The number of hydrogen-bond acceptors (Lipinski definition) is 13. The molecule has 5 aromatic rings. The molecule has 3 aromatic heterocycles. The molecule has 20 heteroatoms. The Labute approximate surface area is 463 Å². The van der Waals surface area contributed by atoms with Gasteiger partial charge in [-0.05, 0) is 140 Å². The lowest BCUT2D eigenvalue weighted by Gasteiger charge is -2.48. The van der Waals surface area contributed by atoms with Crippen LogP contribution in [0.1, 0.15) is 136 Å². The maximum Gasteiger partial charge on any atom is 0.264 e. The van der Waals surface area contributed by atoms with Crippen molar-refractivity contribution >= 4 is 75.3 Å². The van der Waals surface area contributed by atoms with Crippen molar-refractivity contribution in [2.24, 2.45) is 11.8 Å². The highest BCUT2D eigenvalue weighted by molar-refractivity contribution is 6.25. The summed E-state index contributed by atoms with van der Waals surface area (Å²) in [5.74, 6) is -2.60. The van der Waals surface area contributed by atoms with Crippen LogP contribution in [0.25, 0.3) is 22.3 Å². The predicted molar refractivity (Wildman–Crippen MR) is 295 cm³/mol. The second-order valence-corrected chi connectivity index (χ2v) is 23.8. The van der Waals surface area contributed by atoms with Gasteiger partial charge in [0.1, 0.15) is 11.6 Å². The van der Waals surface area contributed by atoms with Crippen molar-refractivity contribution in [2.45, 2.75) is 139 Å². The van der Waals surface area contributed by atoms with E-state index in [1.165, 1.54) is 31.7 Å². The first-order valence-corrected chi connectivity index (χ1v) is 28.9. The molecule has 8 aliphatic rings. The lowest BCUT2D eigenvalue weighted by atomic mass is 9.73. The Morgan fingerprint density at radius 1 is 0.787 bits per heavy atom. The van der Waals surface area contributed by atoms with E-state index in [2.05, 4.69) is 56.7 Å². The Morgan fingerprint density at radius 2 is 1.56 bits per heavy atom. The van der Waals surface area contributed by atoms with Crippen molar-refractivity contribution in [3.8, 4) is 11.3 Å². The van der Waals surface area contributed by atoms with Crippen LogP contribution in [0.3, 0.4) is 0 Å². The topological polar surface area (TPSA) is 215 Å². The Hall–Kier alpha value is -7.61. The first kappa shape index (κ1) is 51.8. The Bertz CT molecular complexity index is 3370. The van der Waals surface area contributed by atoms with Crippen molar-refractivity contribution in [2.75, 3.05) is 54.8 Å². The van der Waals surface area contributed by atoms with Gasteiger partial charge in [0.15, 0.2) is 11.6 Å². The summed E-state index contributed by atoms with van der Waals surface area (Å²) < 4.78 is 17.1. The third-order valence-corrected chi connectivity index (χ3v) is 18.9. The summed E-state index contributed by atoms with van der Waals surface area (Å²) in [6.07, 6.45) is 14.2. The van der Waals surface area contributed by atoms with Crippen LogP contribution in [0.4, 0.5) is 27.3 Å². The van der Waals surface area contributed by atoms with E-state index in [9.17, 15) is 28.8 Å². The zero-order valence-corrected chi connectivity index (χ0v) is 45.3. The number of hydrogen-bond donors (Lipinski definition) is 3. The van der Waals surface area contributed by atoms with Gasteiger partial charge in [0.25, 0.3) is 11.8 Å². The highest BCUT2D eigenvalue weighted by Gasteiger charge is 2.56. The largest absolute Gasteiger partial charge is 0.382 e. The van der Waals surface area contributed by atoms with Gasteiger partial charge in [-0.1, -0.05) is 24.6 Å². The molecular weight excluding hydrogens is 1020 g/mol. The lowest BCUT2D eigenvalue weighted by Crippen LogP contribution is -2.58. The Morgan fingerprint density at radius 3 is 2.31 bits per heavy atom. The van der Waals surface area contributed by atoms with Crippen LogP contribution in [0.2, 0.25) is 0 Å². The fraction of sp³-hybridized carbons (Fsp3) is 0.500. The third kappa shape index (κ3) is 8.88. The SMILES string of the molecule is CC(C)n1cnc2cc(-c3ccc4c(c3)N([C@H]3C[C@@H](N5CCCCC5)C3)C(=O)C43CCN(C(=O)[C@@H]4CCN(C(=O)[C@H]5CC[C@H](Nc6cccc7c6C(=O)N(C6CCC(=O)NC6=O)C7=O)CC5)C4)CC3)nc(Nc3ccncc3F)c21. The number of benzene rings is 2. The average Bonchev–Trinajstić information content (AvgIpc) is 4.43. The zero-order chi connectivity index (χ0) is 55.1. The maximum atomic E-state index is 15.3. The number of pyridine rings is 2. The summed E-state index contributed by atoms with van der Waals surface area (Å²) in [4.78, 5) is 119. The summed E-state index contributed by atoms with van der Waals surface area (Å²) in [6.45, 7) is 8.03. The van der Waals surface area contributed by atoms with Gasteiger partial charge in [-0.25, -0.2) is 14.4 Å². The van der Waals surface area contributed by atoms with Gasteiger partial charge < -0.3 is 34.8 Å². The molecule has 6 fully saturated rings. The minimum Gasteiger partial charge on any atom is -0.382 e. The van der Waals surface area contributed by atoms with Gasteiger partial charge in [0.05, 0.1) is 51.9 Å². The molecule has 2 saturated carbocycles. The van der Waals surface area contributed by atoms with Crippen LogP contribution in [-0.2, 0) is 29.4 Å². The highest BCUT2D eigenvalue weighted by Crippen LogP contribution is 2.53. The van der Waals surface area contributed by atoms with E-state index in [1.807, 2.05) is 26.5 Å². The van der Waals surface area contributed by atoms with Crippen LogP contribution < -0.4 is 20.9 Å². The molecule has 2 aliphatic carbocycles. The second kappa shape index (κ2) is 20.5. The molecule has 2 atom stereocenters. The average molecular weight is 1090 g/mol. The molecule has 19 nitrogen and oxygen atoms in total. The number of carbonyl (C=O) groups is 7. The van der Waals surface area contributed by atoms with Crippen molar-refractivity contribution in [1.82, 2.24) is 44.4 Å². The summed E-state index contributed by atoms with van der Waals surface area (Å²) in [6, 6.07) is 14.2. The molecule has 0 bridgehead atoms. The fourth-order valence-electron chi connectivity index (χ4n) is 14.4. The van der Waals surface area contributed by atoms with Gasteiger partial charge in [-0.2, -0.15) is 0 Å². The number of imide groups is 2. The standard InChI is InChI=1S/C60H67FN12O7/c1-34(2)71-33-63-47-30-46(66-53(52(47)71)65-44-17-21-62-31-43(44)61)36-11-14-42-49(27-36)72(40-28-39(29-40)68-22-4-3-5-23-68)59(80)60(42)19-25-69(26-20-60)56(77)37-18-24-70(32-37)55(76)35-9-12-38(13-10-35)64-45-8-6-7-41-51(45)58(79)73(57(41)78)48-15-16-50(74)67-54(48)75/h6-8,11,14,17,21,27,30-31,33-35,37-40,48,64H,3-5,9-10,12-13,15-16,18-20,22-26,28-29,32H2,1-2H3,(H,62,65,66)(H,67,74,75)/t35-,37-,38-,39-,40+,48?/m1/s1. The molecule has 2 aromatic carbocycles. The number of halogens is 1. The molecule has 0 radical (unpaired) electrons.